The fourth-order valence-electron chi connectivity index (χ4n) is 1.74. The van der Waals surface area contributed by atoms with Gasteiger partial charge in [-0.25, -0.2) is 0 Å². The lowest BCUT2D eigenvalue weighted by Gasteiger charge is -2.06. The average Bonchev–Trinajstić information content (AvgIpc) is 2.47. The number of hydrogen-bond acceptors (Lipinski definition) is 3. The first-order valence-corrected chi connectivity index (χ1v) is 6.08. The van der Waals surface area contributed by atoms with E-state index in [0.717, 1.165) is 11.1 Å². The maximum Gasteiger partial charge on any atom is 0.195 e. The van der Waals surface area contributed by atoms with E-state index in [0.29, 0.717) is 5.75 Å². The Kier molecular flexibility index (Phi) is 4.70. The van der Waals surface area contributed by atoms with Crippen LogP contribution in [-0.4, -0.2) is 26.1 Å². The molecule has 0 heterocycles. The van der Waals surface area contributed by atoms with Gasteiger partial charge in [-0.15, -0.1) is 0 Å². The van der Waals surface area contributed by atoms with E-state index in [2.05, 4.69) is 12.1 Å². The highest BCUT2D eigenvalue weighted by Crippen LogP contribution is 2.21. The summed E-state index contributed by atoms with van der Waals surface area (Å²) < 4.78 is 10.1. The van der Waals surface area contributed by atoms with Gasteiger partial charge in [0.2, 0.25) is 0 Å². The highest BCUT2D eigenvalue weighted by molar-refractivity contribution is 5.81. The summed E-state index contributed by atoms with van der Waals surface area (Å²) in [6, 6.07) is 17.8. The van der Waals surface area contributed by atoms with E-state index < -0.39 is 0 Å². The summed E-state index contributed by atoms with van der Waals surface area (Å²) in [6.07, 6.45) is 0. The van der Waals surface area contributed by atoms with Crippen molar-refractivity contribution in [1.82, 2.24) is 0 Å². The number of ether oxygens (including phenoxy) is 2. The molecule has 0 bridgehead atoms. The topological polar surface area (TPSA) is 35.5 Å². The van der Waals surface area contributed by atoms with Crippen LogP contribution in [0, 0.1) is 0 Å². The molecule has 2 rings (SSSR count). The largest absolute Gasteiger partial charge is 0.486 e. The summed E-state index contributed by atoms with van der Waals surface area (Å²) in [6.45, 7) is 0.126. The van der Waals surface area contributed by atoms with Crippen LogP contribution in [0.4, 0.5) is 0 Å². The molecule has 19 heavy (non-hydrogen) atoms. The lowest BCUT2D eigenvalue weighted by Crippen LogP contribution is -2.16. The van der Waals surface area contributed by atoms with Gasteiger partial charge < -0.3 is 9.47 Å². The van der Waals surface area contributed by atoms with Crippen molar-refractivity contribution in [3.8, 4) is 16.9 Å². The van der Waals surface area contributed by atoms with E-state index in [9.17, 15) is 4.79 Å². The van der Waals surface area contributed by atoms with Crippen LogP contribution in [0.5, 0.6) is 5.75 Å². The van der Waals surface area contributed by atoms with Gasteiger partial charge in [-0.1, -0.05) is 42.5 Å². The van der Waals surface area contributed by atoms with Crippen molar-refractivity contribution in [2.45, 2.75) is 0 Å². The number of carbonyl (C=O) groups excluding carboxylic acids is 1. The maximum atomic E-state index is 11.3. The first-order valence-electron chi connectivity index (χ1n) is 6.08. The summed E-state index contributed by atoms with van der Waals surface area (Å²) in [5.74, 6) is 0.610. The quantitative estimate of drug-likeness (QED) is 0.797. The zero-order valence-corrected chi connectivity index (χ0v) is 10.8. The van der Waals surface area contributed by atoms with Gasteiger partial charge in [0.15, 0.2) is 5.78 Å². The number of Topliss-reactive ketones (excluding diaryl/α,β-unsaturated/α-hetero) is 1. The molecule has 98 valence electrons. The predicted octanol–water partition coefficient (Wildman–Crippen LogP) is 2.95. The number of ketones is 1. The minimum absolute atomic E-state index is 0.0402. The van der Waals surface area contributed by atoms with Crippen LogP contribution in [0.2, 0.25) is 0 Å². The van der Waals surface area contributed by atoms with Crippen molar-refractivity contribution in [3.63, 3.8) is 0 Å². The fourth-order valence-corrected chi connectivity index (χ4v) is 1.74. The molecule has 0 radical (unpaired) electrons. The van der Waals surface area contributed by atoms with Crippen LogP contribution >= 0.6 is 0 Å². The molecular weight excluding hydrogens is 240 g/mol. The molecule has 0 aromatic heterocycles. The average molecular weight is 256 g/mol. The molecule has 0 aliphatic rings. The Bertz CT molecular complexity index is 517. The molecule has 0 spiro atoms. The lowest BCUT2D eigenvalue weighted by molar-refractivity contribution is -0.124. The van der Waals surface area contributed by atoms with E-state index in [4.69, 9.17) is 9.47 Å². The third-order valence-electron chi connectivity index (χ3n) is 2.67. The Balaban J connectivity index is 1.97. The van der Waals surface area contributed by atoms with Crippen LogP contribution in [0.3, 0.4) is 0 Å². The normalized spacial score (nSPS) is 10.2. The molecule has 0 aliphatic heterocycles. The molecule has 2 aromatic rings. The zero-order chi connectivity index (χ0) is 13.5. The second-order valence-corrected chi connectivity index (χ2v) is 4.15. The monoisotopic (exact) mass is 256 g/mol. The molecule has 0 amide bonds. The summed E-state index contributed by atoms with van der Waals surface area (Å²) in [7, 11) is 1.49. The van der Waals surface area contributed by atoms with Crippen molar-refractivity contribution in [3.05, 3.63) is 54.6 Å². The minimum atomic E-state index is -0.0744. The molecule has 2 aromatic carbocycles. The summed E-state index contributed by atoms with van der Waals surface area (Å²) >= 11 is 0. The van der Waals surface area contributed by atoms with Crippen molar-refractivity contribution in [1.29, 1.82) is 0 Å². The fraction of sp³-hybridized carbons (Fsp3) is 0.188. The van der Waals surface area contributed by atoms with E-state index >= 15 is 0 Å². The Morgan fingerprint density at radius 2 is 1.53 bits per heavy atom. The van der Waals surface area contributed by atoms with Gasteiger partial charge in [-0.3, -0.25) is 4.79 Å². The van der Waals surface area contributed by atoms with Crippen LogP contribution in [0.25, 0.3) is 11.1 Å². The van der Waals surface area contributed by atoms with Gasteiger partial charge in [0.05, 0.1) is 0 Å². The molecule has 0 saturated carbocycles. The Morgan fingerprint density at radius 3 is 2.16 bits per heavy atom. The van der Waals surface area contributed by atoms with E-state index in [1.165, 1.54) is 7.11 Å². The van der Waals surface area contributed by atoms with Crippen LogP contribution in [-0.2, 0) is 9.53 Å². The maximum absolute atomic E-state index is 11.3. The first kappa shape index (κ1) is 13.3. The predicted molar refractivity (Wildman–Crippen MR) is 74.3 cm³/mol. The lowest BCUT2D eigenvalue weighted by atomic mass is 10.1. The second kappa shape index (κ2) is 6.71. The van der Waals surface area contributed by atoms with E-state index in [-0.39, 0.29) is 19.0 Å². The van der Waals surface area contributed by atoms with Crippen molar-refractivity contribution in [2.75, 3.05) is 20.3 Å². The first-order chi connectivity index (χ1) is 9.29. The van der Waals surface area contributed by atoms with Gasteiger partial charge in [0, 0.05) is 7.11 Å². The van der Waals surface area contributed by atoms with Crippen molar-refractivity contribution in [2.24, 2.45) is 0 Å². The summed E-state index contributed by atoms with van der Waals surface area (Å²) in [4.78, 5) is 11.3. The Labute approximate surface area is 112 Å². The van der Waals surface area contributed by atoms with Crippen LogP contribution in [0.15, 0.2) is 54.6 Å². The standard InChI is InChI=1S/C16H16O3/c1-18-11-15(17)12-19-16-9-7-14(8-10-16)13-5-3-2-4-6-13/h2-10H,11-12H2,1H3. The van der Waals surface area contributed by atoms with Gasteiger partial charge >= 0.3 is 0 Å². The molecule has 3 nitrogen and oxygen atoms in total. The van der Waals surface area contributed by atoms with Gasteiger partial charge in [0.1, 0.15) is 19.0 Å². The highest BCUT2D eigenvalue weighted by atomic mass is 16.5. The molecule has 0 saturated heterocycles. The molecule has 0 atom stereocenters. The van der Waals surface area contributed by atoms with E-state index in [1.54, 1.807) is 0 Å². The second-order valence-electron chi connectivity index (χ2n) is 4.15. The third kappa shape index (κ3) is 3.93. The molecule has 0 unspecified atom stereocenters. The van der Waals surface area contributed by atoms with Crippen molar-refractivity contribution >= 4 is 5.78 Å². The van der Waals surface area contributed by atoms with Gasteiger partial charge in [-0.05, 0) is 23.3 Å². The number of rotatable bonds is 6. The molecule has 0 fully saturated rings. The number of hydrogen-bond donors (Lipinski definition) is 0. The number of carbonyl (C=O) groups is 1. The van der Waals surface area contributed by atoms with Gasteiger partial charge in [0.25, 0.3) is 0 Å². The van der Waals surface area contributed by atoms with Gasteiger partial charge in [-0.2, -0.15) is 0 Å². The van der Waals surface area contributed by atoms with E-state index in [1.807, 2.05) is 42.5 Å². The summed E-state index contributed by atoms with van der Waals surface area (Å²) in [5, 5.41) is 0. The molecular formula is C16H16O3. The minimum Gasteiger partial charge on any atom is -0.486 e. The summed E-state index contributed by atoms with van der Waals surface area (Å²) in [5.41, 5.74) is 2.28. The number of benzene rings is 2. The zero-order valence-electron chi connectivity index (χ0n) is 10.8. The van der Waals surface area contributed by atoms with Crippen molar-refractivity contribution < 1.29 is 14.3 Å². The number of methoxy groups -OCH3 is 1. The Morgan fingerprint density at radius 1 is 0.895 bits per heavy atom. The van der Waals surface area contributed by atoms with Crippen LogP contribution < -0.4 is 4.74 Å². The molecule has 0 aliphatic carbocycles. The third-order valence-corrected chi connectivity index (χ3v) is 2.67. The molecule has 0 N–H and O–H groups in total. The SMILES string of the molecule is COCC(=O)COc1ccc(-c2ccccc2)cc1. The molecule has 3 heteroatoms. The Hall–Kier alpha value is -2.13. The smallest absolute Gasteiger partial charge is 0.195 e. The van der Waals surface area contributed by atoms with Crippen LogP contribution in [0.1, 0.15) is 0 Å². The highest BCUT2D eigenvalue weighted by Gasteiger charge is 2.03.